The molecule has 0 bridgehead atoms. The van der Waals surface area contributed by atoms with Gasteiger partial charge in [0.25, 0.3) is 0 Å². The minimum absolute atomic E-state index is 0.772. The summed E-state index contributed by atoms with van der Waals surface area (Å²) in [4.78, 5) is 2.55. The molecule has 1 N–H and O–H groups in total. The van der Waals surface area contributed by atoms with Crippen LogP contribution in [0.3, 0.4) is 0 Å². The molecule has 2 aromatic carbocycles. The molecule has 2 aromatic rings. The number of rotatable bonds is 5. The summed E-state index contributed by atoms with van der Waals surface area (Å²) in [6, 6.07) is 19.5. The van der Waals surface area contributed by atoms with Crippen LogP contribution in [0.2, 0.25) is 0 Å². The molecule has 2 nitrogen and oxygen atoms in total. The van der Waals surface area contributed by atoms with Gasteiger partial charge in [-0.2, -0.15) is 0 Å². The van der Waals surface area contributed by atoms with Crippen LogP contribution in [0, 0.1) is 5.92 Å². The van der Waals surface area contributed by atoms with Gasteiger partial charge < -0.3 is 10.2 Å². The fourth-order valence-electron chi connectivity index (χ4n) is 3.18. The van der Waals surface area contributed by atoms with E-state index in [0.717, 1.165) is 25.6 Å². The van der Waals surface area contributed by atoms with E-state index in [-0.39, 0.29) is 0 Å². The van der Waals surface area contributed by atoms with Gasteiger partial charge in [-0.05, 0) is 37.1 Å². The highest BCUT2D eigenvalue weighted by molar-refractivity contribution is 5.78. The van der Waals surface area contributed by atoms with E-state index in [1.165, 1.54) is 29.8 Å². The zero-order chi connectivity index (χ0) is 14.5. The second-order valence-electron chi connectivity index (χ2n) is 5.79. The Balaban J connectivity index is 1.81. The van der Waals surface area contributed by atoms with E-state index < -0.39 is 0 Å². The van der Waals surface area contributed by atoms with Gasteiger partial charge in [0.05, 0.1) is 0 Å². The first-order chi connectivity index (χ1) is 10.4. The summed E-state index contributed by atoms with van der Waals surface area (Å²) in [7, 11) is 0. The molecule has 110 valence electrons. The summed E-state index contributed by atoms with van der Waals surface area (Å²) in [5.41, 5.74) is 4.04. The average Bonchev–Trinajstić information content (AvgIpc) is 3.02. The summed E-state index contributed by atoms with van der Waals surface area (Å²) in [6.45, 7) is 6.71. The van der Waals surface area contributed by atoms with Gasteiger partial charge in [0.15, 0.2) is 0 Å². The summed E-state index contributed by atoms with van der Waals surface area (Å²) >= 11 is 0. The molecule has 1 aliphatic heterocycles. The van der Waals surface area contributed by atoms with Gasteiger partial charge in [-0.15, -0.1) is 0 Å². The van der Waals surface area contributed by atoms with Crippen molar-refractivity contribution in [3.63, 3.8) is 0 Å². The fourth-order valence-corrected chi connectivity index (χ4v) is 3.18. The van der Waals surface area contributed by atoms with Crippen LogP contribution >= 0.6 is 0 Å². The molecule has 1 fully saturated rings. The molecule has 1 unspecified atom stereocenters. The van der Waals surface area contributed by atoms with Crippen molar-refractivity contribution < 1.29 is 0 Å². The smallest absolute Gasteiger partial charge is 0.0445 e. The third-order valence-electron chi connectivity index (χ3n) is 4.30. The van der Waals surface area contributed by atoms with E-state index >= 15 is 0 Å². The van der Waals surface area contributed by atoms with Crippen molar-refractivity contribution in [1.82, 2.24) is 5.32 Å². The van der Waals surface area contributed by atoms with Crippen molar-refractivity contribution in [2.24, 2.45) is 5.92 Å². The lowest BCUT2D eigenvalue weighted by Gasteiger charge is -2.22. The largest absolute Gasteiger partial charge is 0.371 e. The highest BCUT2D eigenvalue weighted by Crippen LogP contribution is 2.33. The number of nitrogens with one attached hydrogen (secondary N) is 1. The zero-order valence-corrected chi connectivity index (χ0v) is 12.8. The van der Waals surface area contributed by atoms with Crippen LogP contribution in [-0.2, 0) is 0 Å². The molecule has 21 heavy (non-hydrogen) atoms. The Morgan fingerprint density at radius 2 is 1.81 bits per heavy atom. The first-order valence-corrected chi connectivity index (χ1v) is 7.98. The molecule has 1 aliphatic rings. The summed E-state index contributed by atoms with van der Waals surface area (Å²) in [6.07, 6.45) is 1.29. The fraction of sp³-hybridized carbons (Fsp3) is 0.368. The molecule has 0 aromatic heterocycles. The van der Waals surface area contributed by atoms with Gasteiger partial charge in [-0.25, -0.2) is 0 Å². The van der Waals surface area contributed by atoms with E-state index in [0.29, 0.717) is 0 Å². The standard InChI is InChI=1S/C19H24N2/c1-2-20-14-16-12-13-21(15-16)19-11-7-6-10-18(19)17-8-4-3-5-9-17/h3-11,16,20H,2,12-15H2,1H3. The van der Waals surface area contributed by atoms with Crippen LogP contribution in [0.5, 0.6) is 0 Å². The molecule has 1 heterocycles. The monoisotopic (exact) mass is 280 g/mol. The molecule has 3 rings (SSSR count). The van der Waals surface area contributed by atoms with Crippen molar-refractivity contribution in [1.29, 1.82) is 0 Å². The SMILES string of the molecule is CCNCC1CCN(c2ccccc2-c2ccccc2)C1. The van der Waals surface area contributed by atoms with Crippen molar-refractivity contribution in [3.05, 3.63) is 54.6 Å². The summed E-state index contributed by atoms with van der Waals surface area (Å²) in [5, 5.41) is 3.48. The highest BCUT2D eigenvalue weighted by Gasteiger charge is 2.23. The maximum Gasteiger partial charge on any atom is 0.0445 e. The van der Waals surface area contributed by atoms with Crippen LogP contribution in [-0.4, -0.2) is 26.2 Å². The van der Waals surface area contributed by atoms with Gasteiger partial charge in [0.2, 0.25) is 0 Å². The molecule has 0 aliphatic carbocycles. The van der Waals surface area contributed by atoms with Gasteiger partial charge in [-0.1, -0.05) is 55.5 Å². The van der Waals surface area contributed by atoms with Gasteiger partial charge in [0, 0.05) is 24.3 Å². The Bertz CT molecular complexity index is 565. The average molecular weight is 280 g/mol. The first kappa shape index (κ1) is 14.2. The Hall–Kier alpha value is -1.80. The van der Waals surface area contributed by atoms with E-state index in [9.17, 15) is 0 Å². The molecule has 0 saturated carbocycles. The minimum Gasteiger partial charge on any atom is -0.371 e. The van der Waals surface area contributed by atoms with Crippen LogP contribution < -0.4 is 10.2 Å². The third kappa shape index (κ3) is 3.27. The molecule has 2 heteroatoms. The van der Waals surface area contributed by atoms with Crippen LogP contribution in [0.4, 0.5) is 5.69 Å². The number of nitrogens with zero attached hydrogens (tertiary/aromatic N) is 1. The first-order valence-electron chi connectivity index (χ1n) is 7.98. The van der Waals surface area contributed by atoms with Crippen molar-refractivity contribution in [2.45, 2.75) is 13.3 Å². The second-order valence-corrected chi connectivity index (χ2v) is 5.79. The molecular formula is C19H24N2. The predicted octanol–water partition coefficient (Wildman–Crippen LogP) is 3.79. The number of hydrogen-bond donors (Lipinski definition) is 1. The maximum absolute atomic E-state index is 3.48. The minimum atomic E-state index is 0.772. The molecular weight excluding hydrogens is 256 g/mol. The number of hydrogen-bond acceptors (Lipinski definition) is 2. The maximum atomic E-state index is 3.48. The Morgan fingerprint density at radius 3 is 2.62 bits per heavy atom. The topological polar surface area (TPSA) is 15.3 Å². The van der Waals surface area contributed by atoms with Crippen LogP contribution in [0.1, 0.15) is 13.3 Å². The molecule has 0 radical (unpaired) electrons. The van der Waals surface area contributed by atoms with Gasteiger partial charge in [-0.3, -0.25) is 0 Å². The summed E-state index contributed by atoms with van der Waals surface area (Å²) < 4.78 is 0. The van der Waals surface area contributed by atoms with E-state index in [1.54, 1.807) is 0 Å². The van der Waals surface area contributed by atoms with Gasteiger partial charge in [0.1, 0.15) is 0 Å². The van der Waals surface area contributed by atoms with Crippen molar-refractivity contribution in [2.75, 3.05) is 31.1 Å². The number of anilines is 1. The zero-order valence-electron chi connectivity index (χ0n) is 12.8. The lowest BCUT2D eigenvalue weighted by Crippen LogP contribution is -2.26. The highest BCUT2D eigenvalue weighted by atomic mass is 15.2. The normalized spacial score (nSPS) is 18.1. The van der Waals surface area contributed by atoms with E-state index in [1.807, 2.05) is 0 Å². The van der Waals surface area contributed by atoms with Crippen molar-refractivity contribution >= 4 is 5.69 Å². The molecule has 0 amide bonds. The number of para-hydroxylation sites is 1. The van der Waals surface area contributed by atoms with Crippen LogP contribution in [0.15, 0.2) is 54.6 Å². The van der Waals surface area contributed by atoms with E-state index in [2.05, 4.69) is 71.7 Å². The lowest BCUT2D eigenvalue weighted by molar-refractivity contribution is 0.528. The lowest BCUT2D eigenvalue weighted by atomic mass is 10.0. The number of benzene rings is 2. The third-order valence-corrected chi connectivity index (χ3v) is 4.30. The Morgan fingerprint density at radius 1 is 1.05 bits per heavy atom. The Labute approximate surface area is 127 Å². The van der Waals surface area contributed by atoms with Gasteiger partial charge >= 0.3 is 0 Å². The quantitative estimate of drug-likeness (QED) is 0.896. The predicted molar refractivity (Wildman–Crippen MR) is 90.7 cm³/mol. The molecule has 1 saturated heterocycles. The molecule has 0 spiro atoms. The summed E-state index contributed by atoms with van der Waals surface area (Å²) in [5.74, 6) is 0.772. The van der Waals surface area contributed by atoms with E-state index in [4.69, 9.17) is 0 Å². The molecule has 1 atom stereocenters. The second kappa shape index (κ2) is 6.77. The van der Waals surface area contributed by atoms with Crippen molar-refractivity contribution in [3.8, 4) is 11.1 Å². The van der Waals surface area contributed by atoms with Crippen LogP contribution in [0.25, 0.3) is 11.1 Å². The Kier molecular flexibility index (Phi) is 4.56.